The fourth-order valence-corrected chi connectivity index (χ4v) is 3.51. The van der Waals surface area contributed by atoms with Crippen LogP contribution in [0, 0.1) is 5.92 Å². The van der Waals surface area contributed by atoms with E-state index in [1.807, 2.05) is 0 Å². The smallest absolute Gasteiger partial charge is 0.274 e. The van der Waals surface area contributed by atoms with Gasteiger partial charge in [-0.05, 0) is 31.6 Å². The maximum atomic E-state index is 12.5. The predicted molar refractivity (Wildman–Crippen MR) is 67.0 cm³/mol. The number of rotatable bonds is 2. The Morgan fingerprint density at radius 1 is 1.28 bits per heavy atom. The molecule has 1 amide bonds. The Morgan fingerprint density at radius 3 is 2.72 bits per heavy atom. The van der Waals surface area contributed by atoms with Gasteiger partial charge in [-0.2, -0.15) is 0 Å². The molecule has 3 rings (SSSR count). The molecule has 2 aliphatic rings. The Bertz CT molecular complexity index is 436. The Kier molecular flexibility index (Phi) is 3.06. The summed E-state index contributed by atoms with van der Waals surface area (Å²) < 4.78 is 1.58. The van der Waals surface area contributed by atoms with E-state index in [1.54, 1.807) is 17.9 Å². The number of aromatic nitrogens is 3. The highest BCUT2D eigenvalue weighted by atomic mass is 16.2. The quantitative estimate of drug-likeness (QED) is 0.799. The van der Waals surface area contributed by atoms with Crippen molar-refractivity contribution < 1.29 is 4.79 Å². The topological polar surface area (TPSA) is 51.0 Å². The summed E-state index contributed by atoms with van der Waals surface area (Å²) >= 11 is 0. The zero-order chi connectivity index (χ0) is 12.5. The summed E-state index contributed by atoms with van der Waals surface area (Å²) in [5, 5.41) is 7.65. The highest BCUT2D eigenvalue weighted by Crippen LogP contribution is 2.35. The van der Waals surface area contributed by atoms with Gasteiger partial charge in [0.25, 0.3) is 5.91 Å². The number of amides is 1. The Morgan fingerprint density at radius 2 is 2.06 bits per heavy atom. The maximum Gasteiger partial charge on any atom is 0.274 e. The zero-order valence-electron chi connectivity index (χ0n) is 10.9. The third-order valence-electron chi connectivity index (χ3n) is 4.44. The number of hydrogen-bond acceptors (Lipinski definition) is 3. The second kappa shape index (κ2) is 4.71. The minimum Gasteiger partial charge on any atom is -0.334 e. The van der Waals surface area contributed by atoms with Crippen molar-refractivity contribution in [2.45, 2.75) is 44.6 Å². The molecule has 18 heavy (non-hydrogen) atoms. The number of aryl methyl sites for hydroxylation is 1. The van der Waals surface area contributed by atoms with E-state index in [2.05, 4.69) is 15.2 Å². The molecule has 5 nitrogen and oxygen atoms in total. The number of hydrogen-bond donors (Lipinski definition) is 0. The van der Waals surface area contributed by atoms with Crippen LogP contribution >= 0.6 is 0 Å². The van der Waals surface area contributed by atoms with Crippen molar-refractivity contribution in [2.24, 2.45) is 13.0 Å². The monoisotopic (exact) mass is 248 g/mol. The zero-order valence-corrected chi connectivity index (χ0v) is 10.9. The number of likely N-dealkylation sites (tertiary alicyclic amines) is 1. The molecule has 5 heteroatoms. The predicted octanol–water partition coefficient (Wildman–Crippen LogP) is 1.61. The fourth-order valence-electron chi connectivity index (χ4n) is 3.51. The molecule has 0 N–H and O–H groups in total. The van der Waals surface area contributed by atoms with Crippen molar-refractivity contribution >= 4 is 5.91 Å². The summed E-state index contributed by atoms with van der Waals surface area (Å²) in [4.78, 5) is 14.6. The average molecular weight is 248 g/mol. The molecular formula is C13H20N4O. The van der Waals surface area contributed by atoms with Gasteiger partial charge in [0.2, 0.25) is 0 Å². The molecule has 0 bridgehead atoms. The minimum atomic E-state index is 0.108. The van der Waals surface area contributed by atoms with E-state index in [4.69, 9.17) is 0 Å². The lowest BCUT2D eigenvalue weighted by Gasteiger charge is -2.29. The van der Waals surface area contributed by atoms with Crippen LogP contribution in [0.4, 0.5) is 0 Å². The van der Waals surface area contributed by atoms with Gasteiger partial charge >= 0.3 is 0 Å². The largest absolute Gasteiger partial charge is 0.334 e. The van der Waals surface area contributed by atoms with Crippen molar-refractivity contribution in [1.82, 2.24) is 19.9 Å². The van der Waals surface area contributed by atoms with Crippen LogP contribution in [0.25, 0.3) is 0 Å². The van der Waals surface area contributed by atoms with Crippen LogP contribution in [0.1, 0.15) is 49.0 Å². The van der Waals surface area contributed by atoms with Crippen LogP contribution in [-0.4, -0.2) is 38.4 Å². The van der Waals surface area contributed by atoms with Gasteiger partial charge in [-0.3, -0.25) is 4.79 Å². The molecule has 1 aliphatic carbocycles. The van der Waals surface area contributed by atoms with Crippen molar-refractivity contribution in [3.8, 4) is 0 Å². The van der Waals surface area contributed by atoms with Gasteiger partial charge in [-0.15, -0.1) is 5.10 Å². The third-order valence-corrected chi connectivity index (χ3v) is 4.44. The first-order chi connectivity index (χ1) is 8.77. The first-order valence-electron chi connectivity index (χ1n) is 6.93. The van der Waals surface area contributed by atoms with Gasteiger partial charge < -0.3 is 4.90 Å². The molecule has 98 valence electrons. The van der Waals surface area contributed by atoms with Crippen molar-refractivity contribution in [2.75, 3.05) is 6.54 Å². The van der Waals surface area contributed by atoms with E-state index in [-0.39, 0.29) is 5.91 Å². The van der Waals surface area contributed by atoms with E-state index in [1.165, 1.54) is 32.1 Å². The van der Waals surface area contributed by atoms with Crippen molar-refractivity contribution in [3.05, 3.63) is 11.9 Å². The van der Waals surface area contributed by atoms with Crippen molar-refractivity contribution in [1.29, 1.82) is 0 Å². The van der Waals surface area contributed by atoms with Gasteiger partial charge in [0, 0.05) is 19.6 Å². The van der Waals surface area contributed by atoms with Gasteiger partial charge in [0.15, 0.2) is 0 Å². The third kappa shape index (κ3) is 1.91. The highest BCUT2D eigenvalue weighted by molar-refractivity contribution is 5.92. The SMILES string of the molecule is Cn1nncc1C(=O)N1CCC[C@H]1C1CCCC1. The molecule has 0 radical (unpaired) electrons. The second-order valence-electron chi connectivity index (χ2n) is 5.50. The lowest BCUT2D eigenvalue weighted by molar-refractivity contribution is 0.0678. The summed E-state index contributed by atoms with van der Waals surface area (Å²) in [7, 11) is 1.78. The molecular weight excluding hydrogens is 228 g/mol. The van der Waals surface area contributed by atoms with E-state index in [0.29, 0.717) is 11.7 Å². The van der Waals surface area contributed by atoms with Crippen LogP contribution in [0.5, 0.6) is 0 Å². The standard InChI is InChI=1S/C13H20N4O/c1-16-12(9-14-15-16)13(18)17-8-4-7-11(17)10-5-2-3-6-10/h9-11H,2-8H2,1H3/t11-/m0/s1. The Labute approximate surface area is 107 Å². The fraction of sp³-hybridized carbons (Fsp3) is 0.769. The Hall–Kier alpha value is -1.39. The molecule has 0 unspecified atom stereocenters. The van der Waals surface area contributed by atoms with Crippen LogP contribution in [0.3, 0.4) is 0 Å². The van der Waals surface area contributed by atoms with Crippen LogP contribution in [0.2, 0.25) is 0 Å². The van der Waals surface area contributed by atoms with Crippen molar-refractivity contribution in [3.63, 3.8) is 0 Å². The lowest BCUT2D eigenvalue weighted by Crippen LogP contribution is -2.40. The molecule has 2 fully saturated rings. The number of nitrogens with zero attached hydrogens (tertiary/aromatic N) is 4. The maximum absolute atomic E-state index is 12.5. The molecule has 1 aromatic rings. The average Bonchev–Trinajstić information content (AvgIpc) is 3.09. The van der Waals surface area contributed by atoms with Crippen LogP contribution in [0.15, 0.2) is 6.20 Å². The normalized spacial score (nSPS) is 24.9. The molecule has 0 spiro atoms. The summed E-state index contributed by atoms with van der Waals surface area (Å²) in [6.07, 6.45) is 9.12. The summed E-state index contributed by atoms with van der Waals surface area (Å²) in [6.45, 7) is 0.894. The molecule has 1 aliphatic heterocycles. The highest BCUT2D eigenvalue weighted by Gasteiger charge is 2.36. The van der Waals surface area contributed by atoms with Gasteiger partial charge in [-0.25, -0.2) is 4.68 Å². The molecule has 1 saturated carbocycles. The van der Waals surface area contributed by atoms with Gasteiger partial charge in [-0.1, -0.05) is 18.1 Å². The van der Waals surface area contributed by atoms with E-state index in [9.17, 15) is 4.79 Å². The summed E-state index contributed by atoms with van der Waals surface area (Å²) in [6, 6.07) is 0.454. The van der Waals surface area contributed by atoms with Crippen LogP contribution < -0.4 is 0 Å². The molecule has 1 saturated heterocycles. The van der Waals surface area contributed by atoms with Gasteiger partial charge in [0.1, 0.15) is 5.69 Å². The molecule has 0 aromatic carbocycles. The van der Waals surface area contributed by atoms with E-state index in [0.717, 1.165) is 18.9 Å². The first-order valence-corrected chi connectivity index (χ1v) is 6.93. The van der Waals surface area contributed by atoms with Gasteiger partial charge in [0.05, 0.1) is 6.20 Å². The molecule has 1 aromatic heterocycles. The first kappa shape index (κ1) is 11.7. The molecule has 2 heterocycles. The van der Waals surface area contributed by atoms with E-state index < -0.39 is 0 Å². The molecule has 1 atom stereocenters. The second-order valence-corrected chi connectivity index (χ2v) is 5.50. The number of carbonyl (C=O) groups is 1. The minimum absolute atomic E-state index is 0.108. The van der Waals surface area contributed by atoms with E-state index >= 15 is 0 Å². The lowest BCUT2D eigenvalue weighted by atomic mass is 9.96. The number of carbonyl (C=O) groups excluding carboxylic acids is 1. The Balaban J connectivity index is 1.78. The summed E-state index contributed by atoms with van der Waals surface area (Å²) in [5.41, 5.74) is 0.611. The van der Waals surface area contributed by atoms with Crippen LogP contribution in [-0.2, 0) is 7.05 Å². The summed E-state index contributed by atoms with van der Waals surface area (Å²) in [5.74, 6) is 0.828.